The Morgan fingerprint density at radius 3 is 2.28 bits per heavy atom. The molecule has 2 atom stereocenters. The number of hydrogen-bond donors (Lipinski definition) is 1. The van der Waals surface area contributed by atoms with Gasteiger partial charge in [0.1, 0.15) is 0 Å². The van der Waals surface area contributed by atoms with E-state index in [1.165, 1.54) is 51.4 Å². The molecule has 0 amide bonds. The fourth-order valence-corrected chi connectivity index (χ4v) is 3.52. The van der Waals surface area contributed by atoms with Crippen molar-refractivity contribution in [3.63, 3.8) is 0 Å². The van der Waals surface area contributed by atoms with Crippen molar-refractivity contribution in [3.05, 3.63) is 0 Å². The summed E-state index contributed by atoms with van der Waals surface area (Å²) in [6.45, 7) is 7.85. The second-order valence-corrected chi connectivity index (χ2v) is 5.79. The molecule has 0 aromatic carbocycles. The van der Waals surface area contributed by atoms with E-state index in [4.69, 9.17) is 4.74 Å². The summed E-state index contributed by atoms with van der Waals surface area (Å²) in [5, 5.41) is 3.46. The van der Waals surface area contributed by atoms with Crippen molar-refractivity contribution in [1.29, 1.82) is 0 Å². The van der Waals surface area contributed by atoms with Crippen molar-refractivity contribution in [3.8, 4) is 0 Å². The van der Waals surface area contributed by atoms with Gasteiger partial charge in [0.2, 0.25) is 0 Å². The van der Waals surface area contributed by atoms with Crippen molar-refractivity contribution in [2.45, 2.75) is 84.3 Å². The molecular weight excluding hydrogens is 222 g/mol. The summed E-state index contributed by atoms with van der Waals surface area (Å²) >= 11 is 0. The summed E-state index contributed by atoms with van der Waals surface area (Å²) in [7, 11) is 2.09. The second-order valence-electron chi connectivity index (χ2n) is 5.79. The zero-order valence-electron chi connectivity index (χ0n) is 12.9. The third-order valence-electron chi connectivity index (χ3n) is 5.02. The first kappa shape index (κ1) is 16.0. The Labute approximate surface area is 114 Å². The first-order valence-corrected chi connectivity index (χ1v) is 8.04. The lowest BCUT2D eigenvalue weighted by Crippen LogP contribution is -2.62. The van der Waals surface area contributed by atoms with Crippen LogP contribution in [0.5, 0.6) is 0 Å². The van der Waals surface area contributed by atoms with Gasteiger partial charge in [-0.2, -0.15) is 0 Å². The first-order valence-electron chi connectivity index (χ1n) is 8.04. The Morgan fingerprint density at radius 2 is 1.72 bits per heavy atom. The lowest BCUT2D eigenvalue weighted by atomic mass is 9.58. The average Bonchev–Trinajstić information content (AvgIpc) is 2.38. The van der Waals surface area contributed by atoms with Crippen LogP contribution in [0, 0.1) is 5.41 Å². The highest BCUT2D eigenvalue weighted by molar-refractivity contribution is 5.06. The third-order valence-corrected chi connectivity index (χ3v) is 5.02. The van der Waals surface area contributed by atoms with Crippen molar-refractivity contribution in [2.75, 3.05) is 13.7 Å². The minimum absolute atomic E-state index is 0.401. The molecule has 0 aromatic rings. The Bertz CT molecular complexity index is 213. The maximum atomic E-state index is 6.15. The van der Waals surface area contributed by atoms with Gasteiger partial charge in [-0.25, -0.2) is 0 Å². The molecule has 0 aliphatic heterocycles. The minimum Gasteiger partial charge on any atom is -0.378 e. The van der Waals surface area contributed by atoms with Gasteiger partial charge in [0.25, 0.3) is 0 Å². The van der Waals surface area contributed by atoms with E-state index in [9.17, 15) is 0 Å². The molecule has 2 unspecified atom stereocenters. The molecule has 1 aliphatic carbocycles. The molecule has 0 saturated heterocycles. The number of unbranched alkanes of at least 4 members (excludes halogenated alkanes) is 4. The van der Waals surface area contributed by atoms with Crippen LogP contribution in [0.2, 0.25) is 0 Å². The predicted octanol–water partition coefficient (Wildman–Crippen LogP) is 4.14. The van der Waals surface area contributed by atoms with Gasteiger partial charge in [0.15, 0.2) is 0 Å². The van der Waals surface area contributed by atoms with Gasteiger partial charge < -0.3 is 10.1 Å². The third kappa shape index (κ3) is 3.48. The van der Waals surface area contributed by atoms with E-state index in [2.05, 4.69) is 33.1 Å². The second kappa shape index (κ2) is 8.16. The molecule has 1 saturated carbocycles. The quantitative estimate of drug-likeness (QED) is 0.592. The van der Waals surface area contributed by atoms with E-state index in [0.29, 0.717) is 17.6 Å². The molecule has 108 valence electrons. The molecule has 1 rings (SSSR count). The van der Waals surface area contributed by atoms with Crippen LogP contribution in [-0.2, 0) is 4.74 Å². The summed E-state index contributed by atoms with van der Waals surface area (Å²) in [5.41, 5.74) is 0.401. The molecule has 1 fully saturated rings. The van der Waals surface area contributed by atoms with Crippen molar-refractivity contribution >= 4 is 0 Å². The van der Waals surface area contributed by atoms with Crippen LogP contribution in [-0.4, -0.2) is 25.8 Å². The predicted molar refractivity (Wildman–Crippen MR) is 79.0 cm³/mol. The zero-order valence-corrected chi connectivity index (χ0v) is 12.9. The summed E-state index contributed by atoms with van der Waals surface area (Å²) < 4.78 is 6.15. The fourth-order valence-electron chi connectivity index (χ4n) is 3.52. The SMILES string of the molecule is CCCCCCCOC1CC(NC)C1(CC)CC. The molecule has 0 heterocycles. The Kier molecular flexibility index (Phi) is 7.25. The fraction of sp³-hybridized carbons (Fsp3) is 1.00. The Morgan fingerprint density at radius 1 is 1.06 bits per heavy atom. The van der Waals surface area contributed by atoms with Crippen LogP contribution < -0.4 is 5.32 Å². The maximum absolute atomic E-state index is 6.15. The standard InChI is InChI=1S/C16H33NO/c1-5-8-9-10-11-12-18-15-13-14(17-4)16(15,6-2)7-3/h14-15,17H,5-13H2,1-4H3. The summed E-state index contributed by atoms with van der Waals surface area (Å²) in [6.07, 6.45) is 10.8. The van der Waals surface area contributed by atoms with Gasteiger partial charge in [-0.1, -0.05) is 46.5 Å². The normalized spacial score (nSPS) is 26.0. The van der Waals surface area contributed by atoms with Gasteiger partial charge in [-0.15, -0.1) is 0 Å². The molecule has 0 spiro atoms. The lowest BCUT2D eigenvalue weighted by Gasteiger charge is -2.55. The lowest BCUT2D eigenvalue weighted by molar-refractivity contribution is -0.139. The van der Waals surface area contributed by atoms with Crippen LogP contribution >= 0.6 is 0 Å². The van der Waals surface area contributed by atoms with Gasteiger partial charge in [0.05, 0.1) is 6.10 Å². The van der Waals surface area contributed by atoms with E-state index < -0.39 is 0 Å². The van der Waals surface area contributed by atoms with Crippen LogP contribution in [0.15, 0.2) is 0 Å². The highest BCUT2D eigenvalue weighted by Gasteiger charge is 2.52. The van der Waals surface area contributed by atoms with E-state index in [-0.39, 0.29) is 0 Å². The molecule has 0 aromatic heterocycles. The van der Waals surface area contributed by atoms with Crippen molar-refractivity contribution < 1.29 is 4.74 Å². The first-order chi connectivity index (χ1) is 8.75. The summed E-state index contributed by atoms with van der Waals surface area (Å²) in [4.78, 5) is 0. The highest BCUT2D eigenvalue weighted by Crippen LogP contribution is 2.48. The van der Waals surface area contributed by atoms with Crippen molar-refractivity contribution in [2.24, 2.45) is 5.41 Å². The van der Waals surface area contributed by atoms with Crippen LogP contribution in [0.4, 0.5) is 0 Å². The highest BCUT2D eigenvalue weighted by atomic mass is 16.5. The van der Waals surface area contributed by atoms with E-state index >= 15 is 0 Å². The van der Waals surface area contributed by atoms with E-state index in [1.807, 2.05) is 0 Å². The van der Waals surface area contributed by atoms with Crippen LogP contribution in [0.3, 0.4) is 0 Å². The molecule has 1 aliphatic rings. The average molecular weight is 255 g/mol. The molecule has 18 heavy (non-hydrogen) atoms. The maximum Gasteiger partial charge on any atom is 0.0661 e. The van der Waals surface area contributed by atoms with E-state index in [0.717, 1.165) is 6.61 Å². The largest absolute Gasteiger partial charge is 0.378 e. The van der Waals surface area contributed by atoms with Gasteiger partial charge >= 0.3 is 0 Å². The van der Waals surface area contributed by atoms with Crippen molar-refractivity contribution in [1.82, 2.24) is 5.32 Å². The monoisotopic (exact) mass is 255 g/mol. The van der Waals surface area contributed by atoms with Gasteiger partial charge in [0, 0.05) is 18.1 Å². The minimum atomic E-state index is 0.401. The van der Waals surface area contributed by atoms with Gasteiger partial charge in [-0.3, -0.25) is 0 Å². The zero-order chi connectivity index (χ0) is 13.4. The molecular formula is C16H33NO. The van der Waals surface area contributed by atoms with Crippen LogP contribution in [0.1, 0.15) is 72.1 Å². The Balaban J connectivity index is 2.22. The summed E-state index contributed by atoms with van der Waals surface area (Å²) in [6, 6.07) is 0.664. The molecule has 0 bridgehead atoms. The number of hydrogen-bond acceptors (Lipinski definition) is 2. The topological polar surface area (TPSA) is 21.3 Å². The number of ether oxygens (including phenoxy) is 1. The molecule has 2 heteroatoms. The molecule has 0 radical (unpaired) electrons. The molecule has 1 N–H and O–H groups in total. The number of nitrogens with one attached hydrogen (secondary N) is 1. The molecule has 2 nitrogen and oxygen atoms in total. The summed E-state index contributed by atoms with van der Waals surface area (Å²) in [5.74, 6) is 0. The van der Waals surface area contributed by atoms with Gasteiger partial charge in [-0.05, 0) is 32.7 Å². The van der Waals surface area contributed by atoms with E-state index in [1.54, 1.807) is 0 Å². The smallest absolute Gasteiger partial charge is 0.0661 e. The number of rotatable bonds is 10. The Hall–Kier alpha value is -0.0800. The van der Waals surface area contributed by atoms with Crippen LogP contribution in [0.25, 0.3) is 0 Å².